The van der Waals surface area contributed by atoms with Crippen LogP contribution < -0.4 is 10.4 Å². The van der Waals surface area contributed by atoms with Crippen LogP contribution in [0.5, 0.6) is 0 Å². The molecule has 2 aromatic rings. The summed E-state index contributed by atoms with van der Waals surface area (Å²) in [6.45, 7) is 9.20. The number of carbonyl (C=O) groups is 1. The first kappa shape index (κ1) is 31.5. The summed E-state index contributed by atoms with van der Waals surface area (Å²) in [5.74, 6) is 2.74. The van der Waals surface area contributed by atoms with Gasteiger partial charge < -0.3 is 4.43 Å². The van der Waals surface area contributed by atoms with Crippen molar-refractivity contribution in [2.24, 2.45) is 0 Å². The Morgan fingerprint density at radius 1 is 0.842 bits per heavy atom. The molecule has 0 aromatic heterocycles. The van der Waals surface area contributed by atoms with Gasteiger partial charge in [0, 0.05) is 17.9 Å². The lowest BCUT2D eigenvalue weighted by atomic mass is 10.0. The molecule has 2 aromatic carbocycles. The molecule has 0 amide bonds. The molecule has 1 fully saturated rings. The quantitative estimate of drug-likeness (QED) is 0.140. The summed E-state index contributed by atoms with van der Waals surface area (Å²) in [6.07, 6.45) is 12.3. The van der Waals surface area contributed by atoms with Crippen LogP contribution in [0.3, 0.4) is 0 Å². The molecule has 0 saturated carbocycles. The molecule has 0 radical (unpaired) electrons. The van der Waals surface area contributed by atoms with Gasteiger partial charge in [-0.1, -0.05) is 140 Å². The highest BCUT2D eigenvalue weighted by molar-refractivity contribution is 8.20. The summed E-state index contributed by atoms with van der Waals surface area (Å²) in [7, 11) is -2.76. The summed E-state index contributed by atoms with van der Waals surface area (Å²) in [5.41, 5.74) is 0. The average molecular weight is 571 g/mol. The van der Waals surface area contributed by atoms with E-state index in [4.69, 9.17) is 4.43 Å². The van der Waals surface area contributed by atoms with E-state index >= 15 is 0 Å². The van der Waals surface area contributed by atoms with E-state index in [0.717, 1.165) is 19.3 Å². The maximum atomic E-state index is 13.9. The van der Waals surface area contributed by atoms with Crippen molar-refractivity contribution in [3.8, 4) is 0 Å². The Balaban J connectivity index is 1.83. The molecular weight excluding hydrogens is 521 g/mol. The van der Waals surface area contributed by atoms with Crippen LogP contribution in [-0.4, -0.2) is 36.3 Å². The van der Waals surface area contributed by atoms with E-state index in [2.05, 4.69) is 88.4 Å². The van der Waals surface area contributed by atoms with E-state index in [1.54, 1.807) is 0 Å². The van der Waals surface area contributed by atoms with E-state index in [1.165, 1.54) is 66.8 Å². The first-order valence-electron chi connectivity index (χ1n) is 14.9. The van der Waals surface area contributed by atoms with Gasteiger partial charge in [0.2, 0.25) is 0 Å². The zero-order valence-corrected chi connectivity index (χ0v) is 26.9. The third kappa shape index (κ3) is 9.01. The highest BCUT2D eigenvalue weighted by Crippen LogP contribution is 2.39. The van der Waals surface area contributed by atoms with Gasteiger partial charge in [0.05, 0.1) is 4.58 Å². The van der Waals surface area contributed by atoms with E-state index in [0.29, 0.717) is 16.8 Å². The highest BCUT2D eigenvalue weighted by atomic mass is 32.2. The molecule has 38 heavy (non-hydrogen) atoms. The molecule has 1 aliphatic heterocycles. The summed E-state index contributed by atoms with van der Waals surface area (Å²) in [6, 6.07) is 21.6. The molecule has 0 bridgehead atoms. The number of hydrogen-bond donors (Lipinski definition) is 0. The fraction of sp³-hybridized carbons (Fsp3) is 0.606. The molecule has 210 valence electrons. The molecule has 2 nitrogen and oxygen atoms in total. The van der Waals surface area contributed by atoms with Crippen LogP contribution >= 0.6 is 23.5 Å². The van der Waals surface area contributed by atoms with Gasteiger partial charge in [0.25, 0.3) is 8.32 Å². The summed E-state index contributed by atoms with van der Waals surface area (Å²) in [5, 5.41) is 2.40. The normalized spacial score (nSPS) is 15.6. The van der Waals surface area contributed by atoms with Crippen molar-refractivity contribution in [3.63, 3.8) is 0 Å². The number of Topliss-reactive ketones (excluding diaryl/α,β-unsaturated/α-hetero) is 1. The fourth-order valence-electron chi connectivity index (χ4n) is 5.65. The molecule has 1 heterocycles. The van der Waals surface area contributed by atoms with Crippen LogP contribution in [0.2, 0.25) is 5.04 Å². The maximum Gasteiger partial charge on any atom is 0.262 e. The molecular formula is C33H50O2S2Si. The molecule has 1 unspecified atom stereocenters. The van der Waals surface area contributed by atoms with Crippen molar-refractivity contribution in [2.45, 2.75) is 114 Å². The van der Waals surface area contributed by atoms with Crippen molar-refractivity contribution in [2.75, 3.05) is 11.5 Å². The monoisotopic (exact) mass is 570 g/mol. The number of benzene rings is 2. The highest BCUT2D eigenvalue weighted by Gasteiger charge is 2.52. The molecule has 0 aliphatic carbocycles. The molecule has 0 N–H and O–H groups in total. The van der Waals surface area contributed by atoms with Gasteiger partial charge in [-0.3, -0.25) is 4.79 Å². The average Bonchev–Trinajstić information content (AvgIpc) is 3.45. The first-order chi connectivity index (χ1) is 18.4. The molecule has 0 spiro atoms. The van der Waals surface area contributed by atoms with E-state index < -0.39 is 8.32 Å². The van der Waals surface area contributed by atoms with Crippen molar-refractivity contribution in [1.29, 1.82) is 0 Å². The van der Waals surface area contributed by atoms with Gasteiger partial charge in [0.15, 0.2) is 5.78 Å². The Kier molecular flexibility index (Phi) is 13.5. The Morgan fingerprint density at radius 3 is 1.84 bits per heavy atom. The van der Waals surface area contributed by atoms with Gasteiger partial charge >= 0.3 is 0 Å². The zero-order valence-electron chi connectivity index (χ0n) is 24.3. The van der Waals surface area contributed by atoms with Crippen LogP contribution in [0.15, 0.2) is 60.7 Å². The van der Waals surface area contributed by atoms with Gasteiger partial charge in [0.1, 0.15) is 6.10 Å². The number of ketones is 1. The molecule has 1 saturated heterocycles. The van der Waals surface area contributed by atoms with E-state index in [9.17, 15) is 4.79 Å². The lowest BCUT2D eigenvalue weighted by Gasteiger charge is -2.45. The van der Waals surface area contributed by atoms with E-state index in [1.807, 2.05) is 23.5 Å². The number of thioether (sulfide) groups is 2. The number of carbonyl (C=O) groups excluding carboxylic acids is 1. The van der Waals surface area contributed by atoms with Crippen molar-refractivity contribution in [3.05, 3.63) is 60.7 Å². The summed E-state index contributed by atoms with van der Waals surface area (Å²) < 4.78 is 7.95. The van der Waals surface area contributed by atoms with Crippen molar-refractivity contribution < 1.29 is 9.22 Å². The van der Waals surface area contributed by atoms with Crippen LogP contribution in [0, 0.1) is 0 Å². The minimum Gasteiger partial charge on any atom is -0.397 e. The fourth-order valence-corrected chi connectivity index (χ4v) is 13.2. The second-order valence-corrected chi connectivity index (χ2v) is 18.9. The minimum absolute atomic E-state index is 0.120. The summed E-state index contributed by atoms with van der Waals surface area (Å²) in [4.78, 5) is 13.9. The second-order valence-electron chi connectivity index (χ2n) is 11.7. The zero-order chi connectivity index (χ0) is 27.3. The first-order valence-corrected chi connectivity index (χ1v) is 18.9. The van der Waals surface area contributed by atoms with Crippen LogP contribution in [-0.2, 0) is 9.22 Å². The Morgan fingerprint density at radius 2 is 1.34 bits per heavy atom. The molecule has 1 aliphatic rings. The van der Waals surface area contributed by atoms with Crippen LogP contribution in [0.25, 0.3) is 0 Å². The Labute approximate surface area is 242 Å². The number of hydrogen-bond acceptors (Lipinski definition) is 4. The molecule has 5 heteroatoms. The van der Waals surface area contributed by atoms with Crippen LogP contribution in [0.1, 0.15) is 98.3 Å². The second kappa shape index (κ2) is 16.3. The Bertz CT molecular complexity index is 884. The van der Waals surface area contributed by atoms with Gasteiger partial charge in [-0.05, 0) is 28.3 Å². The number of rotatable bonds is 17. The topological polar surface area (TPSA) is 26.3 Å². The van der Waals surface area contributed by atoms with Gasteiger partial charge in [-0.15, -0.1) is 23.5 Å². The predicted molar refractivity (Wildman–Crippen MR) is 173 cm³/mol. The lowest BCUT2D eigenvalue weighted by Crippen LogP contribution is -2.68. The van der Waals surface area contributed by atoms with Crippen LogP contribution in [0.4, 0.5) is 0 Å². The van der Waals surface area contributed by atoms with Crippen molar-refractivity contribution in [1.82, 2.24) is 0 Å². The maximum absolute atomic E-state index is 13.9. The van der Waals surface area contributed by atoms with E-state index in [-0.39, 0.29) is 11.1 Å². The predicted octanol–water partition coefficient (Wildman–Crippen LogP) is 8.62. The SMILES string of the molecule is CCCCCCCCCCC(O[Si](c1ccccc1)(c1ccccc1)C(C)(C)C)C(=O)CCC1SCCS1. The van der Waals surface area contributed by atoms with Gasteiger partial charge in [-0.25, -0.2) is 0 Å². The lowest BCUT2D eigenvalue weighted by molar-refractivity contribution is -0.126. The minimum atomic E-state index is -2.76. The number of unbranched alkanes of at least 4 members (excludes halogenated alkanes) is 7. The largest absolute Gasteiger partial charge is 0.397 e. The standard InChI is InChI=1S/C33H50O2S2Si/c1-5-6-7-8-9-10-11-18-23-31(30(34)24-25-32-36-26-27-37-32)35-38(33(2,3)4,28-19-14-12-15-20-28)29-21-16-13-17-22-29/h12-17,19-22,31-32H,5-11,18,23-27H2,1-4H3. The third-order valence-electron chi connectivity index (χ3n) is 7.73. The molecule has 3 rings (SSSR count). The summed E-state index contributed by atoms with van der Waals surface area (Å²) >= 11 is 4.04. The van der Waals surface area contributed by atoms with Gasteiger partial charge in [-0.2, -0.15) is 0 Å². The Hall–Kier alpha value is -1.01. The van der Waals surface area contributed by atoms with Crippen molar-refractivity contribution >= 4 is 48.0 Å². The third-order valence-corrected chi connectivity index (χ3v) is 15.9. The smallest absolute Gasteiger partial charge is 0.262 e. The molecule has 1 atom stereocenters.